The second-order valence-electron chi connectivity index (χ2n) is 7.15. The molecule has 154 valence electrons. The van der Waals surface area contributed by atoms with E-state index in [0.717, 1.165) is 42.1 Å². The summed E-state index contributed by atoms with van der Waals surface area (Å²) in [6, 6.07) is 15.7. The van der Waals surface area contributed by atoms with Crippen molar-refractivity contribution >= 4 is 17.7 Å². The fraction of sp³-hybridized carbons (Fsp3) is 0.333. The number of hydrogen-bond acceptors (Lipinski definition) is 7. The van der Waals surface area contributed by atoms with E-state index >= 15 is 0 Å². The number of rotatable bonds is 5. The molecule has 1 aromatic heterocycles. The van der Waals surface area contributed by atoms with Gasteiger partial charge in [-0.25, -0.2) is 0 Å². The minimum atomic E-state index is 0.0547. The number of carbonyl (C=O) groups is 1. The number of tetrazole rings is 1. The Labute approximate surface area is 178 Å². The van der Waals surface area contributed by atoms with E-state index in [4.69, 9.17) is 9.47 Å². The third kappa shape index (κ3) is 3.72. The van der Waals surface area contributed by atoms with E-state index in [1.807, 2.05) is 53.4 Å². The van der Waals surface area contributed by atoms with Crippen LogP contribution in [-0.4, -0.2) is 56.5 Å². The molecule has 2 aliphatic heterocycles. The number of nitrogens with zero attached hydrogens (tertiary/aromatic N) is 5. The molecule has 2 aliphatic rings. The molecule has 1 amide bonds. The molecule has 0 unspecified atom stereocenters. The summed E-state index contributed by atoms with van der Waals surface area (Å²) in [7, 11) is 0. The third-order valence-corrected chi connectivity index (χ3v) is 6.19. The first-order valence-corrected chi connectivity index (χ1v) is 10.9. The quantitative estimate of drug-likeness (QED) is 0.584. The summed E-state index contributed by atoms with van der Waals surface area (Å²) >= 11 is 1.35. The van der Waals surface area contributed by atoms with Crippen LogP contribution in [0.5, 0.6) is 11.5 Å². The molecule has 1 atom stereocenters. The van der Waals surface area contributed by atoms with E-state index in [1.54, 1.807) is 4.68 Å². The topological polar surface area (TPSA) is 82.4 Å². The summed E-state index contributed by atoms with van der Waals surface area (Å²) < 4.78 is 13.0. The minimum Gasteiger partial charge on any atom is -0.486 e. The number of likely N-dealkylation sites (tertiary alicyclic amines) is 1. The molecule has 0 aliphatic carbocycles. The maximum Gasteiger partial charge on any atom is 0.233 e. The molecular weight excluding hydrogens is 402 g/mol. The van der Waals surface area contributed by atoms with E-state index in [0.29, 0.717) is 18.4 Å². The summed E-state index contributed by atoms with van der Waals surface area (Å²) in [4.78, 5) is 15.0. The Kier molecular flexibility index (Phi) is 5.27. The first-order valence-electron chi connectivity index (χ1n) is 9.95. The van der Waals surface area contributed by atoms with Crippen molar-refractivity contribution in [2.45, 2.75) is 24.0 Å². The van der Waals surface area contributed by atoms with Crippen molar-refractivity contribution in [3.63, 3.8) is 0 Å². The van der Waals surface area contributed by atoms with Crippen LogP contribution in [0.1, 0.15) is 24.4 Å². The SMILES string of the molecule is O=C(CSc1nnnn1-c1ccccc1)N1CCC[C@@H]1c1ccc2c(c1)OCCO2. The number of amides is 1. The highest BCUT2D eigenvalue weighted by Gasteiger charge is 2.31. The van der Waals surface area contributed by atoms with Crippen molar-refractivity contribution in [3.05, 3.63) is 54.1 Å². The smallest absolute Gasteiger partial charge is 0.233 e. The predicted molar refractivity (Wildman–Crippen MR) is 111 cm³/mol. The van der Waals surface area contributed by atoms with Gasteiger partial charge in [0, 0.05) is 6.54 Å². The zero-order valence-electron chi connectivity index (χ0n) is 16.3. The van der Waals surface area contributed by atoms with E-state index in [1.165, 1.54) is 11.8 Å². The molecule has 30 heavy (non-hydrogen) atoms. The van der Waals surface area contributed by atoms with Crippen LogP contribution in [0.3, 0.4) is 0 Å². The minimum absolute atomic E-state index is 0.0547. The molecule has 0 radical (unpaired) electrons. The highest BCUT2D eigenvalue weighted by molar-refractivity contribution is 7.99. The lowest BCUT2D eigenvalue weighted by Crippen LogP contribution is -2.32. The van der Waals surface area contributed by atoms with Gasteiger partial charge < -0.3 is 14.4 Å². The summed E-state index contributed by atoms with van der Waals surface area (Å²) in [6.07, 6.45) is 1.93. The number of hydrogen-bond donors (Lipinski definition) is 0. The summed E-state index contributed by atoms with van der Waals surface area (Å²) in [5.41, 5.74) is 1.96. The summed E-state index contributed by atoms with van der Waals surface area (Å²) in [5, 5.41) is 12.5. The zero-order valence-corrected chi connectivity index (χ0v) is 17.1. The van der Waals surface area contributed by atoms with Gasteiger partial charge in [-0.1, -0.05) is 36.0 Å². The van der Waals surface area contributed by atoms with Gasteiger partial charge in [-0.15, -0.1) is 5.10 Å². The predicted octanol–water partition coefficient (Wildman–Crippen LogP) is 2.89. The van der Waals surface area contributed by atoms with E-state index in [2.05, 4.69) is 15.5 Å². The number of para-hydroxylation sites is 1. The standard InChI is InChI=1S/C21H21N5O3S/c27-20(14-30-21-22-23-24-26(21)16-5-2-1-3-6-16)25-10-4-7-17(25)15-8-9-18-19(13-15)29-12-11-28-18/h1-3,5-6,8-9,13,17H,4,7,10-12,14H2/t17-/m1/s1. The molecule has 3 heterocycles. The van der Waals surface area contributed by atoms with Crippen LogP contribution in [0.2, 0.25) is 0 Å². The van der Waals surface area contributed by atoms with E-state index in [-0.39, 0.29) is 17.7 Å². The van der Waals surface area contributed by atoms with E-state index in [9.17, 15) is 4.79 Å². The van der Waals surface area contributed by atoms with Crippen LogP contribution >= 0.6 is 11.8 Å². The highest BCUT2D eigenvalue weighted by atomic mass is 32.2. The maximum atomic E-state index is 13.0. The van der Waals surface area contributed by atoms with Crippen molar-refractivity contribution in [1.82, 2.24) is 25.1 Å². The van der Waals surface area contributed by atoms with Crippen LogP contribution < -0.4 is 9.47 Å². The lowest BCUT2D eigenvalue weighted by atomic mass is 10.0. The molecule has 5 rings (SSSR count). The van der Waals surface area contributed by atoms with Gasteiger partial charge in [0.05, 0.1) is 17.5 Å². The Morgan fingerprint density at radius 3 is 2.80 bits per heavy atom. The molecule has 0 spiro atoms. The number of benzene rings is 2. The molecule has 1 saturated heterocycles. The number of fused-ring (bicyclic) bond motifs is 1. The van der Waals surface area contributed by atoms with Crippen molar-refractivity contribution < 1.29 is 14.3 Å². The van der Waals surface area contributed by atoms with Gasteiger partial charge in [-0.05, 0) is 53.1 Å². The number of thioether (sulfide) groups is 1. The first-order chi connectivity index (χ1) is 14.8. The van der Waals surface area contributed by atoms with Gasteiger partial charge in [-0.2, -0.15) is 4.68 Å². The Morgan fingerprint density at radius 2 is 1.93 bits per heavy atom. The molecule has 3 aromatic rings. The van der Waals surface area contributed by atoms with Gasteiger partial charge in [0.25, 0.3) is 0 Å². The second kappa shape index (κ2) is 8.35. The van der Waals surface area contributed by atoms with E-state index < -0.39 is 0 Å². The fourth-order valence-corrected chi connectivity index (χ4v) is 4.67. The molecule has 2 aromatic carbocycles. The number of ether oxygens (including phenoxy) is 2. The van der Waals surface area contributed by atoms with Crippen LogP contribution in [0.4, 0.5) is 0 Å². The first kappa shape index (κ1) is 18.9. The van der Waals surface area contributed by atoms with Crippen LogP contribution in [0.25, 0.3) is 5.69 Å². The molecule has 8 nitrogen and oxygen atoms in total. The van der Waals surface area contributed by atoms with Gasteiger partial charge in [0.15, 0.2) is 11.5 Å². The summed E-state index contributed by atoms with van der Waals surface area (Å²) in [6.45, 7) is 1.87. The Morgan fingerprint density at radius 1 is 1.10 bits per heavy atom. The van der Waals surface area contributed by atoms with Crippen molar-refractivity contribution in [3.8, 4) is 17.2 Å². The molecular formula is C21H21N5O3S. The Balaban J connectivity index is 1.28. The lowest BCUT2D eigenvalue weighted by molar-refractivity contribution is -0.129. The van der Waals surface area contributed by atoms with Gasteiger partial charge in [0.1, 0.15) is 13.2 Å². The molecule has 0 N–H and O–H groups in total. The Bertz CT molecular complexity index is 1040. The molecule has 0 saturated carbocycles. The van der Waals surface area contributed by atoms with Crippen LogP contribution in [0, 0.1) is 0 Å². The Hall–Kier alpha value is -3.07. The summed E-state index contributed by atoms with van der Waals surface area (Å²) in [5.74, 6) is 1.90. The second-order valence-corrected chi connectivity index (χ2v) is 8.09. The molecule has 9 heteroatoms. The highest BCUT2D eigenvalue weighted by Crippen LogP contribution is 2.38. The van der Waals surface area contributed by atoms with Gasteiger partial charge in [-0.3, -0.25) is 4.79 Å². The largest absolute Gasteiger partial charge is 0.486 e. The van der Waals surface area contributed by atoms with Crippen molar-refractivity contribution in [2.24, 2.45) is 0 Å². The van der Waals surface area contributed by atoms with Gasteiger partial charge in [0.2, 0.25) is 11.1 Å². The molecule has 1 fully saturated rings. The van der Waals surface area contributed by atoms with Crippen molar-refractivity contribution in [2.75, 3.05) is 25.5 Å². The fourth-order valence-electron chi connectivity index (χ4n) is 3.89. The van der Waals surface area contributed by atoms with Crippen LogP contribution in [-0.2, 0) is 4.79 Å². The average molecular weight is 423 g/mol. The molecule has 0 bridgehead atoms. The van der Waals surface area contributed by atoms with Gasteiger partial charge >= 0.3 is 0 Å². The number of carbonyl (C=O) groups excluding carboxylic acids is 1. The van der Waals surface area contributed by atoms with Crippen LogP contribution in [0.15, 0.2) is 53.7 Å². The maximum absolute atomic E-state index is 13.0. The number of aromatic nitrogens is 4. The van der Waals surface area contributed by atoms with Crippen molar-refractivity contribution in [1.29, 1.82) is 0 Å². The zero-order chi connectivity index (χ0) is 20.3. The third-order valence-electron chi connectivity index (χ3n) is 5.29. The average Bonchev–Trinajstić information content (AvgIpc) is 3.47. The monoisotopic (exact) mass is 423 g/mol. The normalized spacial score (nSPS) is 17.9. The lowest BCUT2D eigenvalue weighted by Gasteiger charge is -2.26.